The number of benzene rings is 1. The van der Waals surface area contributed by atoms with Gasteiger partial charge >= 0.3 is 5.97 Å². The Bertz CT molecular complexity index is 483. The van der Waals surface area contributed by atoms with Crippen LogP contribution in [0.2, 0.25) is 0 Å². The van der Waals surface area contributed by atoms with Gasteiger partial charge in [-0.2, -0.15) is 0 Å². The average Bonchev–Trinajstić information content (AvgIpc) is 2.40. The number of hydrogen-bond donors (Lipinski definition) is 1. The van der Waals surface area contributed by atoms with E-state index in [-0.39, 0.29) is 0 Å². The number of ether oxygens (including phenoxy) is 2. The van der Waals surface area contributed by atoms with Gasteiger partial charge in [0.05, 0.1) is 13.2 Å². The number of carboxylic acid groups (broad SMARTS) is 1. The van der Waals surface area contributed by atoms with Gasteiger partial charge in [0.25, 0.3) is 0 Å². The molecule has 1 rings (SSSR count). The fraction of sp³-hybridized carbons (Fsp3) is 0.400. The largest absolute Gasteiger partial charge is 0.490 e. The lowest BCUT2D eigenvalue weighted by atomic mass is 10.2. The first kappa shape index (κ1) is 16.6. The Balaban J connectivity index is 3.00. The number of halogens is 1. The first-order chi connectivity index (χ1) is 9.58. The molecule has 1 aromatic carbocycles. The lowest BCUT2D eigenvalue weighted by Crippen LogP contribution is -2.01. The van der Waals surface area contributed by atoms with E-state index in [0.29, 0.717) is 24.7 Å². The molecule has 0 fully saturated rings. The number of carbonyl (C=O) groups is 1. The summed E-state index contributed by atoms with van der Waals surface area (Å²) in [7, 11) is 0. The smallest absolute Gasteiger partial charge is 0.328 e. The Morgan fingerprint density at radius 3 is 2.60 bits per heavy atom. The maximum atomic E-state index is 10.6. The number of carboxylic acids is 1. The van der Waals surface area contributed by atoms with Crippen molar-refractivity contribution in [1.29, 1.82) is 0 Å². The molecular weight excluding hydrogens is 324 g/mol. The first-order valence-corrected chi connectivity index (χ1v) is 7.37. The second kappa shape index (κ2) is 8.64. The van der Waals surface area contributed by atoms with E-state index >= 15 is 0 Å². The van der Waals surface area contributed by atoms with Crippen molar-refractivity contribution in [2.45, 2.75) is 26.7 Å². The van der Waals surface area contributed by atoms with Crippen LogP contribution >= 0.6 is 15.9 Å². The summed E-state index contributed by atoms with van der Waals surface area (Å²) in [6.07, 6.45) is 4.65. The summed E-state index contributed by atoms with van der Waals surface area (Å²) in [4.78, 5) is 10.6. The molecule has 0 aliphatic heterocycles. The molecule has 0 atom stereocenters. The van der Waals surface area contributed by atoms with Crippen molar-refractivity contribution in [2.24, 2.45) is 0 Å². The van der Waals surface area contributed by atoms with Crippen molar-refractivity contribution in [2.75, 3.05) is 13.2 Å². The summed E-state index contributed by atoms with van der Waals surface area (Å²) in [5, 5.41) is 8.68. The van der Waals surface area contributed by atoms with E-state index in [1.165, 1.54) is 6.08 Å². The number of hydrogen-bond acceptors (Lipinski definition) is 3. The Kier molecular flexibility index (Phi) is 7.15. The number of unbranched alkanes of at least 4 members (excludes halogenated alkanes) is 1. The van der Waals surface area contributed by atoms with E-state index in [2.05, 4.69) is 22.9 Å². The predicted molar refractivity (Wildman–Crippen MR) is 82.4 cm³/mol. The van der Waals surface area contributed by atoms with Crippen LogP contribution in [-0.4, -0.2) is 24.3 Å². The van der Waals surface area contributed by atoms with E-state index in [1.807, 2.05) is 13.0 Å². The fourth-order valence-corrected chi connectivity index (χ4v) is 2.00. The molecule has 0 bridgehead atoms. The minimum atomic E-state index is -0.988. The zero-order valence-corrected chi connectivity index (χ0v) is 13.3. The van der Waals surface area contributed by atoms with Crippen LogP contribution in [0.1, 0.15) is 32.3 Å². The highest BCUT2D eigenvalue weighted by Crippen LogP contribution is 2.34. The van der Waals surface area contributed by atoms with Gasteiger partial charge in [0.1, 0.15) is 0 Å². The first-order valence-electron chi connectivity index (χ1n) is 6.58. The summed E-state index contributed by atoms with van der Waals surface area (Å²) in [5.74, 6) is 0.301. The van der Waals surface area contributed by atoms with Crippen LogP contribution in [0.25, 0.3) is 6.08 Å². The molecule has 0 aromatic heterocycles. The Morgan fingerprint density at radius 2 is 2.00 bits per heavy atom. The van der Waals surface area contributed by atoms with Crippen molar-refractivity contribution in [3.63, 3.8) is 0 Å². The van der Waals surface area contributed by atoms with Crippen LogP contribution < -0.4 is 9.47 Å². The van der Waals surface area contributed by atoms with E-state index in [9.17, 15) is 4.79 Å². The summed E-state index contributed by atoms with van der Waals surface area (Å²) in [6, 6.07) is 3.58. The molecule has 0 heterocycles. The van der Waals surface area contributed by atoms with E-state index < -0.39 is 5.97 Å². The van der Waals surface area contributed by atoms with Crippen LogP contribution in [0, 0.1) is 0 Å². The van der Waals surface area contributed by atoms with Crippen molar-refractivity contribution in [1.82, 2.24) is 0 Å². The molecule has 1 aromatic rings. The maximum Gasteiger partial charge on any atom is 0.328 e. The molecule has 0 radical (unpaired) electrons. The topological polar surface area (TPSA) is 55.8 Å². The normalized spacial score (nSPS) is 10.8. The van der Waals surface area contributed by atoms with Crippen molar-refractivity contribution in [3.8, 4) is 11.5 Å². The van der Waals surface area contributed by atoms with Crippen LogP contribution in [0.4, 0.5) is 0 Å². The van der Waals surface area contributed by atoms with Gasteiger partial charge < -0.3 is 14.6 Å². The molecule has 0 unspecified atom stereocenters. The average molecular weight is 343 g/mol. The minimum absolute atomic E-state index is 0.522. The van der Waals surface area contributed by atoms with E-state index in [0.717, 1.165) is 29.0 Å². The number of rotatable bonds is 8. The highest BCUT2D eigenvalue weighted by molar-refractivity contribution is 9.10. The standard InChI is InChI=1S/C15H19BrO4/c1-3-5-8-20-14-10-12(16)11(6-7-15(17)18)9-13(14)19-4-2/h6-7,9-10H,3-5,8H2,1-2H3,(H,17,18)/b7-6+. The Labute approximate surface area is 127 Å². The zero-order valence-electron chi connectivity index (χ0n) is 11.7. The van der Waals surface area contributed by atoms with Gasteiger partial charge in [-0.15, -0.1) is 0 Å². The molecular formula is C15H19BrO4. The van der Waals surface area contributed by atoms with Gasteiger partial charge in [-0.25, -0.2) is 4.79 Å². The SMILES string of the molecule is CCCCOc1cc(Br)c(/C=C/C(=O)O)cc1OCC. The van der Waals surface area contributed by atoms with Gasteiger partial charge in [-0.05, 0) is 37.1 Å². The van der Waals surface area contributed by atoms with E-state index in [1.54, 1.807) is 6.07 Å². The maximum absolute atomic E-state index is 10.6. The Hall–Kier alpha value is -1.49. The molecule has 20 heavy (non-hydrogen) atoms. The predicted octanol–water partition coefficient (Wildman–Crippen LogP) is 4.12. The van der Waals surface area contributed by atoms with Gasteiger partial charge in [-0.1, -0.05) is 29.3 Å². The second-order valence-electron chi connectivity index (χ2n) is 4.13. The molecule has 0 amide bonds. The fourth-order valence-electron chi connectivity index (χ4n) is 1.55. The van der Waals surface area contributed by atoms with Gasteiger partial charge in [-0.3, -0.25) is 0 Å². The quantitative estimate of drug-likeness (QED) is 0.570. The van der Waals surface area contributed by atoms with E-state index in [4.69, 9.17) is 14.6 Å². The molecule has 5 heteroatoms. The lowest BCUT2D eigenvalue weighted by molar-refractivity contribution is -0.131. The van der Waals surface area contributed by atoms with Crippen LogP contribution in [0.15, 0.2) is 22.7 Å². The van der Waals surface area contributed by atoms with Crippen LogP contribution in [0.3, 0.4) is 0 Å². The zero-order chi connectivity index (χ0) is 15.0. The molecule has 0 aliphatic rings. The van der Waals surface area contributed by atoms with Gasteiger partial charge in [0.2, 0.25) is 0 Å². The van der Waals surface area contributed by atoms with Crippen molar-refractivity contribution < 1.29 is 19.4 Å². The molecule has 4 nitrogen and oxygen atoms in total. The highest BCUT2D eigenvalue weighted by atomic mass is 79.9. The summed E-state index contributed by atoms with van der Waals surface area (Å²) >= 11 is 3.41. The van der Waals surface area contributed by atoms with Crippen LogP contribution in [0.5, 0.6) is 11.5 Å². The molecule has 0 saturated heterocycles. The second-order valence-corrected chi connectivity index (χ2v) is 4.98. The lowest BCUT2D eigenvalue weighted by Gasteiger charge is -2.13. The third-order valence-corrected chi connectivity index (χ3v) is 3.21. The summed E-state index contributed by atoms with van der Waals surface area (Å²) in [5.41, 5.74) is 0.735. The third kappa shape index (κ3) is 5.25. The Morgan fingerprint density at radius 1 is 1.30 bits per heavy atom. The minimum Gasteiger partial charge on any atom is -0.490 e. The summed E-state index contributed by atoms with van der Waals surface area (Å²) < 4.78 is 12.0. The third-order valence-electron chi connectivity index (χ3n) is 2.52. The molecule has 0 spiro atoms. The monoisotopic (exact) mass is 342 g/mol. The van der Waals surface area contributed by atoms with Crippen molar-refractivity contribution in [3.05, 3.63) is 28.2 Å². The molecule has 0 saturated carbocycles. The number of aliphatic carboxylic acids is 1. The molecule has 0 aliphatic carbocycles. The highest BCUT2D eigenvalue weighted by Gasteiger charge is 2.09. The van der Waals surface area contributed by atoms with Gasteiger partial charge in [0, 0.05) is 10.5 Å². The van der Waals surface area contributed by atoms with Crippen LogP contribution in [-0.2, 0) is 4.79 Å². The molecule has 1 N–H and O–H groups in total. The van der Waals surface area contributed by atoms with Gasteiger partial charge in [0.15, 0.2) is 11.5 Å². The van der Waals surface area contributed by atoms with Crippen molar-refractivity contribution >= 4 is 28.0 Å². The summed E-state index contributed by atoms with van der Waals surface area (Å²) in [6.45, 7) is 5.15. The molecule has 110 valence electrons.